The summed E-state index contributed by atoms with van der Waals surface area (Å²) in [6.45, 7) is 4.43. The van der Waals surface area contributed by atoms with Crippen molar-refractivity contribution < 1.29 is 0 Å². The highest BCUT2D eigenvalue weighted by atomic mass is 16.1. The first-order valence-corrected chi connectivity index (χ1v) is 11.0. The SMILES string of the molecule is CC(CC1CCN(c2nc(=O)cc(-c3ccncc3)[nH]2)CC1)C1CCCCC1. The van der Waals surface area contributed by atoms with Crippen LogP contribution in [0.25, 0.3) is 11.3 Å². The first kappa shape index (κ1) is 19.2. The first-order chi connectivity index (χ1) is 13.7. The number of nitrogens with one attached hydrogen (secondary N) is 1. The molecule has 1 N–H and O–H groups in total. The molecule has 1 saturated heterocycles. The van der Waals surface area contributed by atoms with E-state index in [4.69, 9.17) is 0 Å². The summed E-state index contributed by atoms with van der Waals surface area (Å²) in [5.74, 6) is 3.31. The maximum atomic E-state index is 12.1. The topological polar surface area (TPSA) is 61.9 Å². The summed E-state index contributed by atoms with van der Waals surface area (Å²) < 4.78 is 0. The maximum absolute atomic E-state index is 12.1. The van der Waals surface area contributed by atoms with Crippen molar-refractivity contribution in [3.05, 3.63) is 40.9 Å². The molecule has 2 fully saturated rings. The van der Waals surface area contributed by atoms with Gasteiger partial charge in [0.2, 0.25) is 5.95 Å². The number of nitrogens with zero attached hydrogens (tertiary/aromatic N) is 3. The molecule has 2 aromatic heterocycles. The third-order valence-electron chi connectivity index (χ3n) is 6.80. The molecule has 0 aromatic carbocycles. The largest absolute Gasteiger partial charge is 0.342 e. The van der Waals surface area contributed by atoms with E-state index in [2.05, 4.69) is 26.8 Å². The van der Waals surface area contributed by atoms with Crippen molar-refractivity contribution in [3.8, 4) is 11.3 Å². The standard InChI is InChI=1S/C23H32N4O/c1-17(19-5-3-2-4-6-19)15-18-9-13-27(14-10-18)23-25-21(16-22(28)26-23)20-7-11-24-12-8-20/h7-8,11-12,16-19H,2-6,9-10,13-15H2,1H3,(H,25,26,28). The van der Waals surface area contributed by atoms with Crippen molar-refractivity contribution in [3.63, 3.8) is 0 Å². The van der Waals surface area contributed by atoms with Gasteiger partial charge in [0.1, 0.15) is 0 Å². The average molecular weight is 381 g/mol. The fourth-order valence-electron chi connectivity index (χ4n) is 5.08. The smallest absolute Gasteiger partial charge is 0.275 e. The Morgan fingerprint density at radius 1 is 1.11 bits per heavy atom. The number of aromatic nitrogens is 3. The van der Waals surface area contributed by atoms with E-state index >= 15 is 0 Å². The van der Waals surface area contributed by atoms with Gasteiger partial charge < -0.3 is 9.88 Å². The van der Waals surface area contributed by atoms with Gasteiger partial charge in [-0.1, -0.05) is 39.0 Å². The van der Waals surface area contributed by atoms with Gasteiger partial charge >= 0.3 is 0 Å². The van der Waals surface area contributed by atoms with Gasteiger partial charge in [-0.25, -0.2) is 0 Å². The summed E-state index contributed by atoms with van der Waals surface area (Å²) >= 11 is 0. The molecule has 0 amide bonds. The highest BCUT2D eigenvalue weighted by molar-refractivity contribution is 5.59. The minimum atomic E-state index is -0.186. The van der Waals surface area contributed by atoms with Crippen LogP contribution >= 0.6 is 0 Å². The molecular weight excluding hydrogens is 348 g/mol. The second kappa shape index (κ2) is 8.89. The number of rotatable bonds is 5. The highest BCUT2D eigenvalue weighted by Crippen LogP contribution is 2.35. The molecule has 5 nitrogen and oxygen atoms in total. The molecular formula is C23H32N4O. The van der Waals surface area contributed by atoms with Crippen LogP contribution in [0.5, 0.6) is 0 Å². The predicted molar refractivity (Wildman–Crippen MR) is 113 cm³/mol. The van der Waals surface area contributed by atoms with E-state index in [9.17, 15) is 4.79 Å². The molecule has 1 aliphatic heterocycles. The number of piperidine rings is 1. The molecule has 28 heavy (non-hydrogen) atoms. The maximum Gasteiger partial charge on any atom is 0.275 e. The van der Waals surface area contributed by atoms with Crippen LogP contribution < -0.4 is 10.5 Å². The third kappa shape index (κ3) is 4.62. The fourth-order valence-corrected chi connectivity index (χ4v) is 5.08. The Labute approximate surface area is 167 Å². The highest BCUT2D eigenvalue weighted by Gasteiger charge is 2.26. The van der Waals surface area contributed by atoms with Crippen LogP contribution in [-0.2, 0) is 0 Å². The number of aromatic amines is 1. The monoisotopic (exact) mass is 380 g/mol. The molecule has 1 saturated carbocycles. The molecule has 0 bridgehead atoms. The molecule has 0 radical (unpaired) electrons. The van der Waals surface area contributed by atoms with Crippen LogP contribution in [0, 0.1) is 17.8 Å². The summed E-state index contributed by atoms with van der Waals surface area (Å²) in [6, 6.07) is 5.39. The normalized spacial score (nSPS) is 20.2. The zero-order valence-corrected chi connectivity index (χ0v) is 16.9. The van der Waals surface area contributed by atoms with E-state index in [1.54, 1.807) is 18.5 Å². The average Bonchev–Trinajstić information content (AvgIpc) is 2.75. The number of anilines is 1. The van der Waals surface area contributed by atoms with Gasteiger partial charge in [0.25, 0.3) is 5.56 Å². The molecule has 1 atom stereocenters. The summed E-state index contributed by atoms with van der Waals surface area (Å²) in [4.78, 5) is 26.0. The van der Waals surface area contributed by atoms with Gasteiger partial charge in [-0.15, -0.1) is 0 Å². The van der Waals surface area contributed by atoms with Gasteiger partial charge in [-0.3, -0.25) is 9.78 Å². The van der Waals surface area contributed by atoms with Gasteiger partial charge in [0, 0.05) is 37.1 Å². The second-order valence-corrected chi connectivity index (χ2v) is 8.73. The molecule has 5 heteroatoms. The zero-order chi connectivity index (χ0) is 19.3. The number of hydrogen-bond donors (Lipinski definition) is 1. The van der Waals surface area contributed by atoms with E-state index in [0.29, 0.717) is 5.95 Å². The molecule has 2 aliphatic rings. The van der Waals surface area contributed by atoms with Gasteiger partial charge in [-0.05, 0) is 49.1 Å². The Kier molecular flexibility index (Phi) is 6.08. The zero-order valence-electron chi connectivity index (χ0n) is 16.9. The number of H-pyrrole nitrogens is 1. The Bertz CT molecular complexity index is 805. The van der Waals surface area contributed by atoms with E-state index in [1.807, 2.05) is 12.1 Å². The van der Waals surface area contributed by atoms with E-state index in [0.717, 1.165) is 42.1 Å². The lowest BCUT2D eigenvalue weighted by Gasteiger charge is -2.35. The summed E-state index contributed by atoms with van der Waals surface area (Å²) in [6.07, 6.45) is 14.4. The van der Waals surface area contributed by atoms with Crippen molar-refractivity contribution >= 4 is 5.95 Å². The van der Waals surface area contributed by atoms with Crippen LogP contribution in [0.2, 0.25) is 0 Å². The van der Waals surface area contributed by atoms with Crippen molar-refractivity contribution in [2.45, 2.75) is 58.3 Å². The van der Waals surface area contributed by atoms with Gasteiger partial charge in [0.15, 0.2) is 0 Å². The fraction of sp³-hybridized carbons (Fsp3) is 0.609. The summed E-state index contributed by atoms with van der Waals surface area (Å²) in [7, 11) is 0. The van der Waals surface area contributed by atoms with E-state index < -0.39 is 0 Å². The molecule has 3 heterocycles. The van der Waals surface area contributed by atoms with Crippen molar-refractivity contribution in [2.24, 2.45) is 17.8 Å². The molecule has 4 rings (SSSR count). The van der Waals surface area contributed by atoms with Crippen molar-refractivity contribution in [1.29, 1.82) is 0 Å². The van der Waals surface area contributed by atoms with Gasteiger partial charge in [-0.2, -0.15) is 4.98 Å². The van der Waals surface area contributed by atoms with Crippen LogP contribution in [0.1, 0.15) is 58.3 Å². The molecule has 1 aliphatic carbocycles. The molecule has 150 valence electrons. The minimum absolute atomic E-state index is 0.186. The Balaban J connectivity index is 1.37. The van der Waals surface area contributed by atoms with Crippen LogP contribution in [-0.4, -0.2) is 28.0 Å². The summed E-state index contributed by atoms with van der Waals surface area (Å²) in [5, 5.41) is 0. The Morgan fingerprint density at radius 2 is 1.82 bits per heavy atom. The lowest BCUT2D eigenvalue weighted by atomic mass is 9.76. The van der Waals surface area contributed by atoms with Crippen LogP contribution in [0.4, 0.5) is 5.95 Å². The second-order valence-electron chi connectivity index (χ2n) is 8.73. The van der Waals surface area contributed by atoms with Crippen LogP contribution in [0.3, 0.4) is 0 Å². The molecule has 2 aromatic rings. The molecule has 0 spiro atoms. The number of pyridine rings is 1. The minimum Gasteiger partial charge on any atom is -0.342 e. The first-order valence-electron chi connectivity index (χ1n) is 11.0. The van der Waals surface area contributed by atoms with Crippen LogP contribution in [0.15, 0.2) is 35.4 Å². The van der Waals surface area contributed by atoms with Gasteiger partial charge in [0.05, 0.1) is 5.69 Å². The quantitative estimate of drug-likeness (QED) is 0.820. The Hall–Kier alpha value is -2.17. The van der Waals surface area contributed by atoms with E-state index in [1.165, 1.54) is 51.4 Å². The Morgan fingerprint density at radius 3 is 2.54 bits per heavy atom. The molecule has 1 unspecified atom stereocenters. The lowest BCUT2D eigenvalue weighted by molar-refractivity contribution is 0.211. The lowest BCUT2D eigenvalue weighted by Crippen LogP contribution is -2.36. The van der Waals surface area contributed by atoms with E-state index in [-0.39, 0.29) is 5.56 Å². The third-order valence-corrected chi connectivity index (χ3v) is 6.80. The van der Waals surface area contributed by atoms with Crippen molar-refractivity contribution in [1.82, 2.24) is 15.0 Å². The van der Waals surface area contributed by atoms with Crippen molar-refractivity contribution in [2.75, 3.05) is 18.0 Å². The predicted octanol–water partition coefficient (Wildman–Crippen LogP) is 4.65. The summed E-state index contributed by atoms with van der Waals surface area (Å²) in [5.41, 5.74) is 1.59. The number of hydrogen-bond acceptors (Lipinski definition) is 4.